The number of carbonyl (C=O) groups excluding carboxylic acids is 1. The van der Waals surface area contributed by atoms with E-state index in [4.69, 9.17) is 9.72 Å². The maximum absolute atomic E-state index is 13.5. The van der Waals surface area contributed by atoms with Crippen LogP contribution < -0.4 is 9.64 Å². The highest BCUT2D eigenvalue weighted by atomic mass is 32.2. The van der Waals surface area contributed by atoms with E-state index in [1.165, 1.54) is 11.3 Å². The Morgan fingerprint density at radius 3 is 2.80 bits per heavy atom. The zero-order valence-corrected chi connectivity index (χ0v) is 18.4. The second kappa shape index (κ2) is 9.28. The maximum atomic E-state index is 13.5. The first-order valence-electron chi connectivity index (χ1n) is 9.57. The van der Waals surface area contributed by atoms with Crippen molar-refractivity contribution < 1.29 is 9.53 Å². The normalized spacial score (nSPS) is 10.9. The molecule has 0 aliphatic rings. The molecule has 0 atom stereocenters. The summed E-state index contributed by atoms with van der Waals surface area (Å²) in [5, 5.41) is 0.641. The summed E-state index contributed by atoms with van der Waals surface area (Å²) < 4.78 is 6.30. The van der Waals surface area contributed by atoms with E-state index in [0.29, 0.717) is 17.2 Å². The maximum Gasteiger partial charge on any atom is 0.260 e. The Labute approximate surface area is 183 Å². The monoisotopic (exact) mass is 435 g/mol. The molecule has 2 heterocycles. The number of carbonyl (C=O) groups is 1. The van der Waals surface area contributed by atoms with Gasteiger partial charge in [-0.2, -0.15) is 0 Å². The highest BCUT2D eigenvalue weighted by Crippen LogP contribution is 2.33. The van der Waals surface area contributed by atoms with Gasteiger partial charge >= 0.3 is 0 Å². The summed E-state index contributed by atoms with van der Waals surface area (Å²) in [4.78, 5) is 25.5. The zero-order valence-electron chi connectivity index (χ0n) is 16.7. The Balaban J connectivity index is 1.74. The van der Waals surface area contributed by atoms with Crippen molar-refractivity contribution in [2.75, 3.05) is 17.8 Å². The molecule has 2 aromatic carbocycles. The van der Waals surface area contributed by atoms with Gasteiger partial charge in [-0.15, -0.1) is 11.8 Å². The quantitative estimate of drug-likeness (QED) is 0.351. The summed E-state index contributed by atoms with van der Waals surface area (Å²) >= 11 is 3.19. The highest BCUT2D eigenvalue weighted by molar-refractivity contribution is 7.99. The largest absolute Gasteiger partial charge is 0.497 e. The van der Waals surface area contributed by atoms with Gasteiger partial charge in [-0.05, 0) is 54.3 Å². The Morgan fingerprint density at radius 1 is 1.13 bits per heavy atom. The molecule has 4 aromatic rings. The lowest BCUT2D eigenvalue weighted by molar-refractivity contribution is 0.0984. The first kappa shape index (κ1) is 20.4. The Morgan fingerprint density at radius 2 is 2.03 bits per heavy atom. The van der Waals surface area contributed by atoms with E-state index in [0.717, 1.165) is 32.3 Å². The van der Waals surface area contributed by atoms with Gasteiger partial charge in [0.25, 0.3) is 5.91 Å². The number of anilines is 1. The van der Waals surface area contributed by atoms with Crippen molar-refractivity contribution in [3.05, 3.63) is 78.1 Å². The minimum absolute atomic E-state index is 0.0924. The minimum Gasteiger partial charge on any atom is -0.497 e. The molecule has 0 saturated heterocycles. The van der Waals surface area contributed by atoms with Crippen LogP contribution in [-0.4, -0.2) is 28.7 Å². The average Bonchev–Trinajstić information content (AvgIpc) is 3.21. The number of benzene rings is 2. The summed E-state index contributed by atoms with van der Waals surface area (Å²) in [6.45, 7) is 2.45. The third kappa shape index (κ3) is 4.47. The molecule has 0 N–H and O–H groups in total. The Hall–Kier alpha value is -2.90. The van der Waals surface area contributed by atoms with Crippen LogP contribution in [0.25, 0.3) is 10.2 Å². The minimum atomic E-state index is -0.0924. The molecule has 4 rings (SSSR count). The standard InChI is InChI=1S/C23H21N3O2S2/c1-3-29-19-9-6-7-16(13-19)22(27)26(15-17-8-4-5-12-24-17)23-25-20-11-10-18(28-2)14-21(20)30-23/h4-14H,3,15H2,1-2H3. The molecule has 7 heteroatoms. The number of aromatic nitrogens is 2. The number of nitrogens with zero attached hydrogens (tertiary/aromatic N) is 3. The Kier molecular flexibility index (Phi) is 6.30. The lowest BCUT2D eigenvalue weighted by Crippen LogP contribution is -2.30. The van der Waals surface area contributed by atoms with Crippen LogP contribution in [-0.2, 0) is 6.54 Å². The molecule has 152 valence electrons. The van der Waals surface area contributed by atoms with E-state index in [9.17, 15) is 4.79 Å². The van der Waals surface area contributed by atoms with E-state index in [1.54, 1.807) is 30.0 Å². The van der Waals surface area contributed by atoms with Crippen molar-refractivity contribution in [3.63, 3.8) is 0 Å². The Bertz CT molecular complexity index is 1160. The fourth-order valence-electron chi connectivity index (χ4n) is 3.06. The molecule has 1 amide bonds. The topological polar surface area (TPSA) is 55.3 Å². The van der Waals surface area contributed by atoms with Crippen LogP contribution in [0.5, 0.6) is 5.75 Å². The molecule has 0 spiro atoms. The van der Waals surface area contributed by atoms with Crippen LogP contribution in [0.15, 0.2) is 71.8 Å². The first-order valence-corrected chi connectivity index (χ1v) is 11.4. The summed E-state index contributed by atoms with van der Waals surface area (Å²) in [5.41, 5.74) is 2.29. The van der Waals surface area contributed by atoms with Gasteiger partial charge in [0.15, 0.2) is 5.13 Å². The van der Waals surface area contributed by atoms with E-state index in [2.05, 4.69) is 11.9 Å². The van der Waals surface area contributed by atoms with Gasteiger partial charge in [0, 0.05) is 16.7 Å². The molecular formula is C23H21N3O2S2. The van der Waals surface area contributed by atoms with Crippen molar-refractivity contribution >= 4 is 44.4 Å². The number of rotatable bonds is 7. The number of methoxy groups -OCH3 is 1. The third-order valence-electron chi connectivity index (χ3n) is 4.50. The molecule has 0 unspecified atom stereocenters. The average molecular weight is 436 g/mol. The fourth-order valence-corrected chi connectivity index (χ4v) is 4.77. The smallest absolute Gasteiger partial charge is 0.260 e. The van der Waals surface area contributed by atoms with Gasteiger partial charge in [0.1, 0.15) is 5.75 Å². The molecule has 0 aliphatic carbocycles. The van der Waals surface area contributed by atoms with Gasteiger partial charge in [-0.3, -0.25) is 14.7 Å². The molecule has 30 heavy (non-hydrogen) atoms. The van der Waals surface area contributed by atoms with Crippen molar-refractivity contribution in [3.8, 4) is 5.75 Å². The number of thiazole rings is 1. The molecular weight excluding hydrogens is 414 g/mol. The van der Waals surface area contributed by atoms with Crippen LogP contribution >= 0.6 is 23.1 Å². The highest BCUT2D eigenvalue weighted by Gasteiger charge is 2.22. The van der Waals surface area contributed by atoms with Crippen LogP contribution in [0.2, 0.25) is 0 Å². The van der Waals surface area contributed by atoms with E-state index >= 15 is 0 Å². The van der Waals surface area contributed by atoms with E-state index in [1.807, 2.05) is 60.7 Å². The lowest BCUT2D eigenvalue weighted by atomic mass is 10.2. The molecule has 0 fully saturated rings. The molecule has 0 radical (unpaired) electrons. The first-order chi connectivity index (χ1) is 14.7. The fraction of sp³-hybridized carbons (Fsp3) is 0.174. The summed E-state index contributed by atoms with van der Waals surface area (Å²) in [6.07, 6.45) is 1.74. The van der Waals surface area contributed by atoms with Crippen LogP contribution in [0, 0.1) is 0 Å². The molecule has 0 aliphatic heterocycles. The second-order valence-corrected chi connectivity index (χ2v) is 8.85. The van der Waals surface area contributed by atoms with Gasteiger partial charge in [0.05, 0.1) is 29.6 Å². The second-order valence-electron chi connectivity index (χ2n) is 6.50. The zero-order chi connectivity index (χ0) is 20.9. The third-order valence-corrected chi connectivity index (χ3v) is 6.42. The van der Waals surface area contributed by atoms with Crippen molar-refractivity contribution in [1.82, 2.24) is 9.97 Å². The number of thioether (sulfide) groups is 1. The summed E-state index contributed by atoms with van der Waals surface area (Å²) in [5.74, 6) is 1.63. The number of pyridine rings is 1. The molecule has 2 aromatic heterocycles. The van der Waals surface area contributed by atoms with Gasteiger partial charge < -0.3 is 4.74 Å². The SMILES string of the molecule is CCSc1cccc(C(=O)N(Cc2ccccn2)c2nc3ccc(OC)cc3s2)c1. The van der Waals surface area contributed by atoms with E-state index < -0.39 is 0 Å². The van der Waals surface area contributed by atoms with Gasteiger partial charge in [-0.1, -0.05) is 30.4 Å². The lowest BCUT2D eigenvalue weighted by Gasteiger charge is -2.20. The predicted molar refractivity (Wildman–Crippen MR) is 124 cm³/mol. The van der Waals surface area contributed by atoms with Crippen LogP contribution in [0.4, 0.5) is 5.13 Å². The van der Waals surface area contributed by atoms with Gasteiger partial charge in [0.2, 0.25) is 0 Å². The summed E-state index contributed by atoms with van der Waals surface area (Å²) in [7, 11) is 1.64. The van der Waals surface area contributed by atoms with Crippen LogP contribution in [0.1, 0.15) is 23.0 Å². The molecule has 0 saturated carbocycles. The summed E-state index contributed by atoms with van der Waals surface area (Å²) in [6, 6.07) is 19.2. The van der Waals surface area contributed by atoms with Crippen LogP contribution in [0.3, 0.4) is 0 Å². The number of fused-ring (bicyclic) bond motifs is 1. The molecule has 5 nitrogen and oxygen atoms in total. The van der Waals surface area contributed by atoms with Crippen molar-refractivity contribution in [1.29, 1.82) is 0 Å². The van der Waals surface area contributed by atoms with E-state index in [-0.39, 0.29) is 5.91 Å². The van der Waals surface area contributed by atoms with Crippen molar-refractivity contribution in [2.45, 2.75) is 18.4 Å². The number of amides is 1. The van der Waals surface area contributed by atoms with Gasteiger partial charge in [-0.25, -0.2) is 4.98 Å². The number of hydrogen-bond acceptors (Lipinski definition) is 6. The molecule has 0 bridgehead atoms. The number of ether oxygens (including phenoxy) is 1. The van der Waals surface area contributed by atoms with Crippen molar-refractivity contribution in [2.24, 2.45) is 0 Å². The number of hydrogen-bond donors (Lipinski definition) is 0. The predicted octanol–water partition coefficient (Wildman–Crippen LogP) is 5.66.